The lowest BCUT2D eigenvalue weighted by atomic mass is 9.50. The number of carbonyl (C=O) groups is 1. The lowest BCUT2D eigenvalue weighted by molar-refractivity contribution is -0.240. The van der Waals surface area contributed by atoms with E-state index >= 15 is 0 Å². The third-order valence-electron chi connectivity index (χ3n) is 5.51. The SMILES string of the molecule is CC1(C)O[C@H]2O[C@H](C=O)[C@]3(C[C@@H]4CC[C@@H](O)[C@@H]43)[C@H]2O1. The number of aldehydes is 1. The smallest absolute Gasteiger partial charge is 0.188 e. The van der Waals surface area contributed by atoms with Gasteiger partial charge in [-0.05, 0) is 44.9 Å². The summed E-state index contributed by atoms with van der Waals surface area (Å²) in [4.78, 5) is 11.4. The largest absolute Gasteiger partial charge is 0.393 e. The molecule has 4 fully saturated rings. The van der Waals surface area contributed by atoms with E-state index < -0.39 is 18.2 Å². The number of fused-ring (bicyclic) bond motifs is 4. The molecule has 2 saturated carbocycles. The predicted molar refractivity (Wildman–Crippen MR) is 64.0 cm³/mol. The average molecular weight is 268 g/mol. The second-order valence-corrected chi connectivity index (χ2v) is 6.86. The zero-order valence-corrected chi connectivity index (χ0v) is 11.2. The summed E-state index contributed by atoms with van der Waals surface area (Å²) in [6.07, 6.45) is 2.08. The molecule has 5 nitrogen and oxygen atoms in total. The van der Waals surface area contributed by atoms with Gasteiger partial charge >= 0.3 is 0 Å². The Morgan fingerprint density at radius 2 is 2.05 bits per heavy atom. The maximum Gasteiger partial charge on any atom is 0.188 e. The van der Waals surface area contributed by atoms with Gasteiger partial charge in [0.2, 0.25) is 0 Å². The fourth-order valence-electron chi connectivity index (χ4n) is 4.91. The molecular weight excluding hydrogens is 248 g/mol. The van der Waals surface area contributed by atoms with Gasteiger partial charge in [-0.3, -0.25) is 0 Å². The lowest BCUT2D eigenvalue weighted by Gasteiger charge is -2.54. The highest BCUT2D eigenvalue weighted by atomic mass is 16.8. The molecule has 0 bridgehead atoms. The van der Waals surface area contributed by atoms with Crippen LogP contribution in [0.25, 0.3) is 0 Å². The molecule has 1 spiro atoms. The number of carbonyl (C=O) groups excluding carboxylic acids is 1. The van der Waals surface area contributed by atoms with Crippen molar-refractivity contribution < 1.29 is 24.1 Å². The average Bonchev–Trinajstić information content (AvgIpc) is 2.85. The van der Waals surface area contributed by atoms with Gasteiger partial charge in [-0.15, -0.1) is 0 Å². The van der Waals surface area contributed by atoms with Gasteiger partial charge in [0.1, 0.15) is 18.5 Å². The van der Waals surface area contributed by atoms with Crippen LogP contribution < -0.4 is 0 Å². The first kappa shape index (κ1) is 12.3. The molecule has 1 N–H and O–H groups in total. The summed E-state index contributed by atoms with van der Waals surface area (Å²) in [7, 11) is 0. The number of aliphatic hydroxyl groups excluding tert-OH is 1. The van der Waals surface area contributed by atoms with Gasteiger partial charge in [-0.1, -0.05) is 0 Å². The van der Waals surface area contributed by atoms with Gasteiger partial charge in [0.15, 0.2) is 12.1 Å². The van der Waals surface area contributed by atoms with E-state index in [0.717, 1.165) is 25.5 Å². The second-order valence-electron chi connectivity index (χ2n) is 6.86. The van der Waals surface area contributed by atoms with Crippen molar-refractivity contribution in [3.63, 3.8) is 0 Å². The molecule has 2 aliphatic heterocycles. The van der Waals surface area contributed by atoms with E-state index in [2.05, 4.69) is 0 Å². The first-order valence-corrected chi connectivity index (χ1v) is 7.12. The zero-order valence-electron chi connectivity index (χ0n) is 11.2. The number of rotatable bonds is 1. The summed E-state index contributed by atoms with van der Waals surface area (Å²) >= 11 is 0. The molecule has 7 atom stereocenters. The van der Waals surface area contributed by atoms with Crippen molar-refractivity contribution in [3.8, 4) is 0 Å². The van der Waals surface area contributed by atoms with Crippen LogP contribution in [0.5, 0.6) is 0 Å². The van der Waals surface area contributed by atoms with Gasteiger partial charge < -0.3 is 24.1 Å². The highest BCUT2D eigenvalue weighted by Gasteiger charge is 2.74. The van der Waals surface area contributed by atoms with Crippen LogP contribution in [-0.4, -0.2) is 41.8 Å². The second kappa shape index (κ2) is 3.58. The molecule has 0 aromatic heterocycles. The van der Waals surface area contributed by atoms with Crippen LogP contribution >= 0.6 is 0 Å². The Hall–Kier alpha value is -0.490. The van der Waals surface area contributed by atoms with E-state index in [-0.39, 0.29) is 23.5 Å². The molecule has 5 heteroatoms. The van der Waals surface area contributed by atoms with Crippen LogP contribution in [0.2, 0.25) is 0 Å². The topological polar surface area (TPSA) is 65.0 Å². The van der Waals surface area contributed by atoms with Crippen LogP contribution in [0, 0.1) is 17.3 Å². The standard InChI is InChI=1S/C14H20O5/c1-13(2)18-11-12(19-13)17-9(6-15)14(11)5-7-3-4-8(16)10(7)14/h6-12,16H,3-5H2,1-2H3/t7-,8+,9+,10+,11-,12+,14-/m0/s1. The van der Waals surface area contributed by atoms with Gasteiger partial charge in [0, 0.05) is 5.41 Å². The minimum atomic E-state index is -0.676. The molecule has 2 saturated heterocycles. The zero-order chi connectivity index (χ0) is 13.4. The Morgan fingerprint density at radius 3 is 2.74 bits per heavy atom. The molecule has 0 amide bonds. The molecule has 0 aromatic rings. The normalized spacial score (nSPS) is 57.8. The predicted octanol–water partition coefficient (Wildman–Crippen LogP) is 0.839. The summed E-state index contributed by atoms with van der Waals surface area (Å²) in [6, 6.07) is 0. The van der Waals surface area contributed by atoms with E-state index in [1.165, 1.54) is 0 Å². The Labute approximate surface area is 112 Å². The fourth-order valence-corrected chi connectivity index (χ4v) is 4.91. The minimum Gasteiger partial charge on any atom is -0.393 e. The first-order chi connectivity index (χ1) is 8.98. The summed E-state index contributed by atoms with van der Waals surface area (Å²) in [5.74, 6) is -0.0486. The van der Waals surface area contributed by atoms with Crippen molar-refractivity contribution in [1.82, 2.24) is 0 Å². The minimum absolute atomic E-state index is 0.121. The van der Waals surface area contributed by atoms with Crippen LogP contribution in [0.1, 0.15) is 33.1 Å². The molecule has 19 heavy (non-hydrogen) atoms. The molecule has 2 aliphatic carbocycles. The molecule has 0 radical (unpaired) electrons. The molecular formula is C14H20O5. The van der Waals surface area contributed by atoms with Crippen molar-refractivity contribution in [1.29, 1.82) is 0 Å². The van der Waals surface area contributed by atoms with Crippen molar-refractivity contribution in [2.24, 2.45) is 17.3 Å². The van der Waals surface area contributed by atoms with Crippen molar-refractivity contribution in [2.45, 2.75) is 63.5 Å². The van der Waals surface area contributed by atoms with E-state index in [4.69, 9.17) is 14.2 Å². The van der Waals surface area contributed by atoms with Crippen LogP contribution in [0.3, 0.4) is 0 Å². The number of hydrogen-bond donors (Lipinski definition) is 1. The number of aliphatic hydroxyl groups is 1. The molecule has 4 rings (SSSR count). The molecule has 106 valence electrons. The quantitative estimate of drug-likeness (QED) is 0.714. The summed E-state index contributed by atoms with van der Waals surface area (Å²) in [5, 5.41) is 10.2. The molecule has 2 heterocycles. The monoisotopic (exact) mass is 268 g/mol. The van der Waals surface area contributed by atoms with Crippen LogP contribution in [-0.2, 0) is 19.0 Å². The fraction of sp³-hybridized carbons (Fsp3) is 0.929. The van der Waals surface area contributed by atoms with Crippen LogP contribution in [0.15, 0.2) is 0 Å². The van der Waals surface area contributed by atoms with Crippen molar-refractivity contribution in [2.75, 3.05) is 0 Å². The maximum atomic E-state index is 11.4. The third kappa shape index (κ3) is 1.37. The van der Waals surface area contributed by atoms with Gasteiger partial charge in [0.25, 0.3) is 0 Å². The Morgan fingerprint density at radius 1 is 1.26 bits per heavy atom. The van der Waals surface area contributed by atoms with Crippen molar-refractivity contribution in [3.05, 3.63) is 0 Å². The van der Waals surface area contributed by atoms with Gasteiger partial charge in [0.05, 0.1) is 6.10 Å². The Balaban J connectivity index is 1.71. The first-order valence-electron chi connectivity index (χ1n) is 7.12. The maximum absolute atomic E-state index is 11.4. The number of ether oxygens (including phenoxy) is 3. The van der Waals surface area contributed by atoms with E-state index in [1.54, 1.807) is 0 Å². The lowest BCUT2D eigenvalue weighted by Crippen LogP contribution is -2.60. The summed E-state index contributed by atoms with van der Waals surface area (Å²) < 4.78 is 17.5. The molecule has 4 aliphatic rings. The summed E-state index contributed by atoms with van der Waals surface area (Å²) in [5.41, 5.74) is -0.374. The van der Waals surface area contributed by atoms with E-state index in [0.29, 0.717) is 5.92 Å². The van der Waals surface area contributed by atoms with Gasteiger partial charge in [-0.2, -0.15) is 0 Å². The molecule has 0 unspecified atom stereocenters. The number of hydrogen-bond acceptors (Lipinski definition) is 5. The molecule has 0 aromatic carbocycles. The van der Waals surface area contributed by atoms with E-state index in [9.17, 15) is 9.90 Å². The van der Waals surface area contributed by atoms with E-state index in [1.807, 2.05) is 13.8 Å². The van der Waals surface area contributed by atoms with Crippen LogP contribution in [0.4, 0.5) is 0 Å². The Kier molecular flexibility index (Phi) is 2.31. The Bertz CT molecular complexity index is 416. The highest BCUT2D eigenvalue weighted by molar-refractivity contribution is 5.60. The van der Waals surface area contributed by atoms with Gasteiger partial charge in [-0.25, -0.2) is 0 Å². The summed E-state index contributed by atoms with van der Waals surface area (Å²) in [6.45, 7) is 3.72. The third-order valence-corrected chi connectivity index (χ3v) is 5.51. The highest BCUT2D eigenvalue weighted by Crippen LogP contribution is 2.67. The van der Waals surface area contributed by atoms with Crippen molar-refractivity contribution >= 4 is 6.29 Å².